The second-order valence-corrected chi connectivity index (χ2v) is 3.68. The van der Waals surface area contributed by atoms with E-state index >= 15 is 0 Å². The highest BCUT2D eigenvalue weighted by Gasteiger charge is 2.18. The van der Waals surface area contributed by atoms with E-state index in [9.17, 15) is 15.2 Å². The van der Waals surface area contributed by atoms with Gasteiger partial charge in [-0.1, -0.05) is 25.4 Å². The van der Waals surface area contributed by atoms with Gasteiger partial charge in [-0.2, -0.15) is 0 Å². The Morgan fingerprint density at radius 1 is 1.50 bits per heavy atom. The minimum atomic E-state index is -0.627. The summed E-state index contributed by atoms with van der Waals surface area (Å²) < 4.78 is 0. The molecule has 0 radical (unpaired) electrons. The topological polar surface area (TPSA) is 63.4 Å². The SMILES string of the molecule is CC(C)c1cc([N+](=O)[O-])c(O)cc1Cl. The van der Waals surface area contributed by atoms with E-state index in [1.807, 2.05) is 13.8 Å². The molecule has 0 spiro atoms. The Kier molecular flexibility index (Phi) is 2.96. The number of hydrogen-bond acceptors (Lipinski definition) is 3. The van der Waals surface area contributed by atoms with E-state index in [0.717, 1.165) is 0 Å². The molecule has 0 fully saturated rings. The number of nitro groups is 1. The van der Waals surface area contributed by atoms with Crippen molar-refractivity contribution in [3.8, 4) is 5.75 Å². The molecule has 1 rings (SSSR count). The first-order chi connectivity index (χ1) is 6.43. The van der Waals surface area contributed by atoms with Crippen LogP contribution in [0.3, 0.4) is 0 Å². The molecule has 0 aliphatic heterocycles. The second kappa shape index (κ2) is 3.84. The number of phenolic OH excluding ortho intramolecular Hbond substituents is 1. The van der Waals surface area contributed by atoms with Crippen LogP contribution in [0.1, 0.15) is 25.3 Å². The Morgan fingerprint density at radius 2 is 2.07 bits per heavy atom. The summed E-state index contributed by atoms with van der Waals surface area (Å²) in [7, 11) is 0. The Labute approximate surface area is 86.3 Å². The first kappa shape index (κ1) is 10.8. The van der Waals surface area contributed by atoms with E-state index in [0.29, 0.717) is 10.6 Å². The summed E-state index contributed by atoms with van der Waals surface area (Å²) in [5.74, 6) is -0.314. The van der Waals surface area contributed by atoms with Gasteiger partial charge in [0.05, 0.1) is 4.92 Å². The van der Waals surface area contributed by atoms with E-state index in [2.05, 4.69) is 0 Å². The molecule has 1 N–H and O–H groups in total. The van der Waals surface area contributed by atoms with Crippen molar-refractivity contribution < 1.29 is 10.0 Å². The van der Waals surface area contributed by atoms with Crippen LogP contribution in [0.15, 0.2) is 12.1 Å². The lowest BCUT2D eigenvalue weighted by Crippen LogP contribution is -1.94. The third-order valence-corrected chi connectivity index (χ3v) is 2.24. The van der Waals surface area contributed by atoms with Crippen molar-refractivity contribution in [1.29, 1.82) is 0 Å². The van der Waals surface area contributed by atoms with Gasteiger partial charge in [-0.3, -0.25) is 10.1 Å². The molecule has 14 heavy (non-hydrogen) atoms. The summed E-state index contributed by atoms with van der Waals surface area (Å²) in [4.78, 5) is 9.88. The molecule has 0 aliphatic carbocycles. The average Bonchev–Trinajstić information content (AvgIpc) is 2.02. The number of halogens is 1. The van der Waals surface area contributed by atoms with Crippen LogP contribution in [0.5, 0.6) is 5.75 Å². The zero-order chi connectivity index (χ0) is 10.9. The Bertz CT molecular complexity index is 377. The number of aromatic hydroxyl groups is 1. The molecule has 76 valence electrons. The predicted molar refractivity (Wildman–Crippen MR) is 53.9 cm³/mol. The van der Waals surface area contributed by atoms with E-state index < -0.39 is 10.7 Å². The maximum Gasteiger partial charge on any atom is 0.311 e. The molecule has 0 bridgehead atoms. The summed E-state index contributed by atoms with van der Waals surface area (Å²) in [5.41, 5.74) is 0.356. The molecular formula is C9H10ClNO3. The van der Waals surface area contributed by atoms with Crippen molar-refractivity contribution in [2.45, 2.75) is 19.8 Å². The molecule has 0 unspecified atom stereocenters. The fourth-order valence-corrected chi connectivity index (χ4v) is 1.53. The highest BCUT2D eigenvalue weighted by atomic mass is 35.5. The van der Waals surface area contributed by atoms with Gasteiger partial charge in [-0.15, -0.1) is 0 Å². The normalized spacial score (nSPS) is 10.6. The van der Waals surface area contributed by atoms with Gasteiger partial charge >= 0.3 is 5.69 Å². The molecule has 0 heterocycles. The Morgan fingerprint density at radius 3 is 2.50 bits per heavy atom. The van der Waals surface area contributed by atoms with Crippen molar-refractivity contribution in [2.24, 2.45) is 0 Å². The lowest BCUT2D eigenvalue weighted by molar-refractivity contribution is -0.385. The summed E-state index contributed by atoms with van der Waals surface area (Å²) in [6, 6.07) is 2.51. The number of benzene rings is 1. The van der Waals surface area contributed by atoms with Crippen molar-refractivity contribution in [3.05, 3.63) is 32.8 Å². The molecule has 0 saturated carbocycles. The molecule has 0 aromatic heterocycles. The fraction of sp³-hybridized carbons (Fsp3) is 0.333. The average molecular weight is 216 g/mol. The van der Waals surface area contributed by atoms with E-state index in [-0.39, 0.29) is 11.6 Å². The zero-order valence-corrected chi connectivity index (χ0v) is 8.58. The summed E-state index contributed by atoms with van der Waals surface area (Å²) in [6.45, 7) is 3.75. The molecule has 0 amide bonds. The smallest absolute Gasteiger partial charge is 0.311 e. The van der Waals surface area contributed by atoms with Crippen molar-refractivity contribution in [1.82, 2.24) is 0 Å². The lowest BCUT2D eigenvalue weighted by atomic mass is 10.0. The minimum Gasteiger partial charge on any atom is -0.502 e. The molecule has 5 heteroatoms. The molecule has 1 aromatic carbocycles. The van der Waals surface area contributed by atoms with Crippen molar-refractivity contribution >= 4 is 17.3 Å². The zero-order valence-electron chi connectivity index (χ0n) is 7.82. The van der Waals surface area contributed by atoms with Gasteiger partial charge in [0.2, 0.25) is 0 Å². The molecule has 1 aromatic rings. The highest BCUT2D eigenvalue weighted by molar-refractivity contribution is 6.31. The van der Waals surface area contributed by atoms with Crippen molar-refractivity contribution in [3.63, 3.8) is 0 Å². The summed E-state index contributed by atoms with van der Waals surface area (Å²) in [6.07, 6.45) is 0. The Hall–Kier alpha value is -1.29. The first-order valence-electron chi connectivity index (χ1n) is 4.10. The monoisotopic (exact) mass is 215 g/mol. The van der Waals surface area contributed by atoms with E-state index in [1.165, 1.54) is 12.1 Å². The van der Waals surface area contributed by atoms with Crippen LogP contribution in [-0.2, 0) is 0 Å². The second-order valence-electron chi connectivity index (χ2n) is 3.27. The van der Waals surface area contributed by atoms with Gasteiger partial charge in [0.1, 0.15) is 0 Å². The van der Waals surface area contributed by atoms with Crippen LogP contribution in [0.25, 0.3) is 0 Å². The van der Waals surface area contributed by atoms with Crippen LogP contribution >= 0.6 is 11.6 Å². The fourth-order valence-electron chi connectivity index (χ4n) is 1.16. The quantitative estimate of drug-likeness (QED) is 0.609. The number of hydrogen-bond donors (Lipinski definition) is 1. The van der Waals surface area contributed by atoms with Crippen LogP contribution in [0, 0.1) is 10.1 Å². The van der Waals surface area contributed by atoms with Crippen LogP contribution < -0.4 is 0 Å². The summed E-state index contributed by atoms with van der Waals surface area (Å²) in [5, 5.41) is 20.1. The van der Waals surface area contributed by atoms with Gasteiger partial charge in [-0.05, 0) is 11.5 Å². The third kappa shape index (κ3) is 1.96. The molecular weight excluding hydrogens is 206 g/mol. The molecule has 0 saturated heterocycles. The maximum absolute atomic E-state index is 10.5. The van der Waals surface area contributed by atoms with Gasteiger partial charge < -0.3 is 5.11 Å². The summed E-state index contributed by atoms with van der Waals surface area (Å²) >= 11 is 5.82. The van der Waals surface area contributed by atoms with E-state index in [4.69, 9.17) is 11.6 Å². The van der Waals surface area contributed by atoms with Crippen LogP contribution in [0.2, 0.25) is 5.02 Å². The lowest BCUT2D eigenvalue weighted by Gasteiger charge is -2.08. The van der Waals surface area contributed by atoms with Crippen LogP contribution in [0.4, 0.5) is 5.69 Å². The third-order valence-electron chi connectivity index (χ3n) is 1.91. The maximum atomic E-state index is 10.5. The van der Waals surface area contributed by atoms with Crippen molar-refractivity contribution in [2.75, 3.05) is 0 Å². The minimum absolute atomic E-state index is 0.0850. The Balaban J connectivity index is 3.34. The molecule has 0 atom stereocenters. The number of phenols is 1. The van der Waals surface area contributed by atoms with Gasteiger partial charge in [0.25, 0.3) is 0 Å². The molecule has 4 nitrogen and oxygen atoms in total. The number of nitrogens with zero attached hydrogens (tertiary/aromatic N) is 1. The van der Waals surface area contributed by atoms with Crippen LogP contribution in [-0.4, -0.2) is 10.0 Å². The number of nitro benzene ring substituents is 1. The highest BCUT2D eigenvalue weighted by Crippen LogP contribution is 2.35. The van der Waals surface area contributed by atoms with Gasteiger partial charge in [-0.25, -0.2) is 0 Å². The largest absolute Gasteiger partial charge is 0.502 e. The molecule has 0 aliphatic rings. The van der Waals surface area contributed by atoms with Gasteiger partial charge in [0, 0.05) is 17.2 Å². The number of rotatable bonds is 2. The van der Waals surface area contributed by atoms with E-state index in [1.54, 1.807) is 0 Å². The predicted octanol–water partition coefficient (Wildman–Crippen LogP) is 3.08. The first-order valence-corrected chi connectivity index (χ1v) is 4.48. The standard InChI is InChI=1S/C9H10ClNO3/c1-5(2)6-3-8(11(13)14)9(12)4-7(6)10/h3-5,12H,1-2H3. The van der Waals surface area contributed by atoms with Gasteiger partial charge in [0.15, 0.2) is 5.75 Å².